The highest BCUT2D eigenvalue weighted by Crippen LogP contribution is 2.57. The first kappa shape index (κ1) is 31.0. The molecule has 10 heteroatoms. The summed E-state index contributed by atoms with van der Waals surface area (Å²) in [6.45, 7) is 12.0. The van der Waals surface area contributed by atoms with Gasteiger partial charge in [0.05, 0.1) is 17.8 Å². The van der Waals surface area contributed by atoms with Crippen molar-refractivity contribution in [3.63, 3.8) is 0 Å². The Bertz CT molecular complexity index is 885. The molecule has 0 bridgehead atoms. The summed E-state index contributed by atoms with van der Waals surface area (Å²) < 4.78 is 23.1. The summed E-state index contributed by atoms with van der Waals surface area (Å²) in [7, 11) is 0. The molecule has 0 spiro atoms. The number of aliphatic hydroxyl groups excluding tert-OH is 3. The van der Waals surface area contributed by atoms with Crippen molar-refractivity contribution in [2.45, 2.75) is 123 Å². The molecule has 3 aliphatic rings. The van der Waals surface area contributed by atoms with Crippen LogP contribution in [0.5, 0.6) is 0 Å². The molecular formula is C28H46O10. The fraction of sp³-hybridized carbons (Fsp3) is 0.857. The van der Waals surface area contributed by atoms with Gasteiger partial charge in [-0.25, -0.2) is 4.79 Å². The number of allylic oxidation sites excluding steroid dienone is 1. The molecule has 1 aliphatic heterocycles. The van der Waals surface area contributed by atoms with Gasteiger partial charge in [-0.3, -0.25) is 4.79 Å². The molecule has 3 fully saturated rings. The maximum Gasteiger partial charge on any atom is 0.333 e. The van der Waals surface area contributed by atoms with Gasteiger partial charge in [0, 0.05) is 23.8 Å². The molecule has 2 aliphatic carbocycles. The van der Waals surface area contributed by atoms with Crippen molar-refractivity contribution in [1.82, 2.24) is 0 Å². The zero-order chi connectivity index (χ0) is 28.6. The minimum atomic E-state index is -1.59. The molecule has 0 aromatic rings. The highest BCUT2D eigenvalue weighted by atomic mass is 16.7. The lowest BCUT2D eigenvalue weighted by Gasteiger charge is -2.60. The molecule has 0 aromatic carbocycles. The number of rotatable bonds is 7. The van der Waals surface area contributed by atoms with Crippen LogP contribution in [0.4, 0.5) is 0 Å². The standard InChI is InChI=1S/C28H46O10/c1-8-15(4)25(33)37-23-18(13-35-16(5)29)36-26(21(32)20(23)31)38-22-17(14(2)3)9-11-27(6)19(30)10-12-28(7,34)24(22)27/h8,14,17-24,26,30-32,34H,9-13H2,1-7H3. The van der Waals surface area contributed by atoms with Crippen LogP contribution in [0.2, 0.25) is 0 Å². The lowest BCUT2D eigenvalue weighted by atomic mass is 9.50. The maximum absolute atomic E-state index is 12.5. The Hall–Kier alpha value is -1.56. The van der Waals surface area contributed by atoms with Gasteiger partial charge in [-0.1, -0.05) is 26.8 Å². The number of carbonyl (C=O) groups is 2. The minimum absolute atomic E-state index is 0.0161. The van der Waals surface area contributed by atoms with Crippen LogP contribution in [0.1, 0.15) is 74.1 Å². The summed E-state index contributed by atoms with van der Waals surface area (Å²) in [5, 5.41) is 44.6. The molecule has 10 nitrogen and oxygen atoms in total. The summed E-state index contributed by atoms with van der Waals surface area (Å²) >= 11 is 0. The van der Waals surface area contributed by atoms with Crippen LogP contribution < -0.4 is 0 Å². The van der Waals surface area contributed by atoms with Gasteiger partial charge in [0.1, 0.15) is 24.9 Å². The molecule has 3 rings (SSSR count). The van der Waals surface area contributed by atoms with E-state index in [1.807, 2.05) is 6.92 Å². The van der Waals surface area contributed by atoms with E-state index in [1.165, 1.54) is 6.92 Å². The van der Waals surface area contributed by atoms with Crippen molar-refractivity contribution in [3.05, 3.63) is 11.6 Å². The van der Waals surface area contributed by atoms with E-state index in [0.29, 0.717) is 24.8 Å². The molecule has 2 saturated carbocycles. The average Bonchev–Trinajstić information content (AvgIpc) is 2.84. The van der Waals surface area contributed by atoms with Gasteiger partial charge in [-0.05, 0) is 58.3 Å². The highest BCUT2D eigenvalue weighted by Gasteiger charge is 2.61. The van der Waals surface area contributed by atoms with Gasteiger partial charge >= 0.3 is 11.9 Å². The summed E-state index contributed by atoms with van der Waals surface area (Å²) in [6.07, 6.45) is -4.31. The lowest BCUT2D eigenvalue weighted by Crippen LogP contribution is -2.66. The number of esters is 2. The van der Waals surface area contributed by atoms with E-state index in [1.54, 1.807) is 26.8 Å². The number of aliphatic hydroxyl groups is 4. The Morgan fingerprint density at radius 3 is 2.29 bits per heavy atom. The Kier molecular flexibility index (Phi) is 9.70. The van der Waals surface area contributed by atoms with Gasteiger partial charge in [-0.15, -0.1) is 0 Å². The summed E-state index contributed by atoms with van der Waals surface area (Å²) in [5.74, 6) is -1.60. The molecule has 11 atom stereocenters. The second-order valence-corrected chi connectivity index (χ2v) is 12.1. The topological polar surface area (TPSA) is 152 Å². The molecule has 38 heavy (non-hydrogen) atoms. The lowest BCUT2D eigenvalue weighted by molar-refractivity contribution is -0.339. The first-order valence-corrected chi connectivity index (χ1v) is 13.7. The zero-order valence-corrected chi connectivity index (χ0v) is 23.6. The smallest absolute Gasteiger partial charge is 0.333 e. The molecule has 0 radical (unpaired) electrons. The quantitative estimate of drug-likeness (QED) is 0.277. The second kappa shape index (κ2) is 11.9. The summed E-state index contributed by atoms with van der Waals surface area (Å²) in [5.41, 5.74) is -1.45. The number of hydrogen-bond donors (Lipinski definition) is 4. The summed E-state index contributed by atoms with van der Waals surface area (Å²) in [4.78, 5) is 24.0. The molecule has 4 N–H and O–H groups in total. The monoisotopic (exact) mass is 542 g/mol. The van der Waals surface area contributed by atoms with E-state index in [9.17, 15) is 30.0 Å². The predicted octanol–water partition coefficient (Wildman–Crippen LogP) is 1.85. The van der Waals surface area contributed by atoms with Crippen molar-refractivity contribution >= 4 is 11.9 Å². The van der Waals surface area contributed by atoms with E-state index in [0.717, 1.165) is 6.42 Å². The summed E-state index contributed by atoms with van der Waals surface area (Å²) in [6, 6.07) is 0. The van der Waals surface area contributed by atoms with Crippen molar-refractivity contribution in [1.29, 1.82) is 0 Å². The van der Waals surface area contributed by atoms with Gasteiger partial charge in [-0.2, -0.15) is 0 Å². The first-order chi connectivity index (χ1) is 17.6. The third kappa shape index (κ3) is 6.10. The molecule has 1 saturated heterocycles. The number of hydrogen-bond acceptors (Lipinski definition) is 10. The van der Waals surface area contributed by atoms with Crippen LogP contribution in [0.15, 0.2) is 11.6 Å². The normalized spacial score (nSPS) is 43.9. The van der Waals surface area contributed by atoms with Crippen molar-refractivity contribution in [2.24, 2.45) is 23.2 Å². The molecule has 1 heterocycles. The van der Waals surface area contributed by atoms with Crippen molar-refractivity contribution in [3.8, 4) is 0 Å². The van der Waals surface area contributed by atoms with E-state index in [2.05, 4.69) is 13.8 Å². The fourth-order valence-corrected chi connectivity index (χ4v) is 6.65. The molecular weight excluding hydrogens is 496 g/mol. The van der Waals surface area contributed by atoms with E-state index in [-0.39, 0.29) is 18.4 Å². The van der Waals surface area contributed by atoms with Gasteiger partial charge in [0.25, 0.3) is 0 Å². The van der Waals surface area contributed by atoms with Crippen molar-refractivity contribution in [2.75, 3.05) is 6.61 Å². The molecule has 0 aromatic heterocycles. The Balaban J connectivity index is 1.93. The van der Waals surface area contributed by atoms with Gasteiger partial charge in [0.2, 0.25) is 0 Å². The Morgan fingerprint density at radius 2 is 1.71 bits per heavy atom. The van der Waals surface area contributed by atoms with Crippen LogP contribution in [-0.4, -0.2) is 87.5 Å². The SMILES string of the molecule is CC=C(C)C(=O)OC1C(COC(C)=O)OC(OC2C(C(C)C)CCC3(C)C(O)CCC(C)(O)C23)C(O)C1O. The largest absolute Gasteiger partial charge is 0.463 e. The van der Waals surface area contributed by atoms with Gasteiger partial charge in [0.15, 0.2) is 12.4 Å². The third-order valence-corrected chi connectivity index (χ3v) is 9.07. The van der Waals surface area contributed by atoms with Crippen LogP contribution >= 0.6 is 0 Å². The molecule has 0 amide bonds. The van der Waals surface area contributed by atoms with E-state index in [4.69, 9.17) is 18.9 Å². The predicted molar refractivity (Wildman–Crippen MR) is 137 cm³/mol. The van der Waals surface area contributed by atoms with Crippen LogP contribution in [0.3, 0.4) is 0 Å². The first-order valence-electron chi connectivity index (χ1n) is 13.7. The Labute approximate surface area is 225 Å². The minimum Gasteiger partial charge on any atom is -0.463 e. The fourth-order valence-electron chi connectivity index (χ4n) is 6.65. The van der Waals surface area contributed by atoms with Gasteiger partial charge < -0.3 is 39.4 Å². The Morgan fingerprint density at radius 1 is 1.05 bits per heavy atom. The van der Waals surface area contributed by atoms with E-state index < -0.39 is 71.8 Å². The van der Waals surface area contributed by atoms with E-state index >= 15 is 0 Å². The van der Waals surface area contributed by atoms with Crippen molar-refractivity contribution < 1.29 is 49.0 Å². The number of carbonyl (C=O) groups excluding carboxylic acids is 2. The number of ether oxygens (including phenoxy) is 4. The molecule has 218 valence electrons. The third-order valence-electron chi connectivity index (χ3n) is 9.07. The van der Waals surface area contributed by atoms with Crippen LogP contribution in [0, 0.1) is 23.2 Å². The number of fused-ring (bicyclic) bond motifs is 1. The maximum atomic E-state index is 12.5. The second-order valence-electron chi connectivity index (χ2n) is 12.1. The van der Waals surface area contributed by atoms with Crippen LogP contribution in [0.25, 0.3) is 0 Å². The molecule has 11 unspecified atom stereocenters. The average molecular weight is 543 g/mol. The highest BCUT2D eigenvalue weighted by molar-refractivity contribution is 5.87. The van der Waals surface area contributed by atoms with Crippen LogP contribution in [-0.2, 0) is 28.5 Å². The zero-order valence-electron chi connectivity index (χ0n) is 23.6.